The van der Waals surface area contributed by atoms with Gasteiger partial charge in [0.05, 0.1) is 23.9 Å². The topological polar surface area (TPSA) is 96.2 Å². The van der Waals surface area contributed by atoms with Crippen LogP contribution in [0.3, 0.4) is 0 Å². The molecule has 0 unspecified atom stereocenters. The Hall–Kier alpha value is -3.09. The highest BCUT2D eigenvalue weighted by molar-refractivity contribution is 5.99. The molecule has 0 aliphatic rings. The number of methoxy groups -OCH3 is 1. The van der Waals surface area contributed by atoms with Crippen molar-refractivity contribution in [3.63, 3.8) is 0 Å². The number of carbonyl (C=O) groups is 1. The fourth-order valence-electron chi connectivity index (χ4n) is 2.33. The predicted molar refractivity (Wildman–Crippen MR) is 81.0 cm³/mol. The summed E-state index contributed by atoms with van der Waals surface area (Å²) in [7, 11) is 1.28. The molecule has 0 aliphatic carbocycles. The number of imidazole rings is 1. The average molecular weight is 300 g/mol. The van der Waals surface area contributed by atoms with Crippen molar-refractivity contribution in [1.82, 2.24) is 9.66 Å². The zero-order valence-electron chi connectivity index (χ0n) is 11.7. The molecule has 0 fully saturated rings. The highest BCUT2D eigenvalue weighted by atomic mass is 19.1. The third kappa shape index (κ3) is 2.12. The molecule has 2 aromatic carbocycles. The van der Waals surface area contributed by atoms with E-state index in [9.17, 15) is 9.18 Å². The molecular formula is C15H13FN4O2. The van der Waals surface area contributed by atoms with Crippen molar-refractivity contribution < 1.29 is 13.9 Å². The first-order valence-electron chi connectivity index (χ1n) is 6.42. The van der Waals surface area contributed by atoms with Crippen molar-refractivity contribution in [2.75, 3.05) is 18.7 Å². The largest absolute Gasteiger partial charge is 0.465 e. The van der Waals surface area contributed by atoms with Crippen molar-refractivity contribution >= 4 is 22.7 Å². The number of ether oxygens (including phenoxy) is 1. The Morgan fingerprint density at radius 1 is 1.32 bits per heavy atom. The molecule has 3 aromatic rings. The lowest BCUT2D eigenvalue weighted by molar-refractivity contribution is 0.0601. The van der Waals surface area contributed by atoms with Gasteiger partial charge in [-0.15, -0.1) is 0 Å². The molecule has 0 saturated heterocycles. The molecule has 0 amide bonds. The van der Waals surface area contributed by atoms with Crippen LogP contribution in [0.25, 0.3) is 22.4 Å². The summed E-state index contributed by atoms with van der Waals surface area (Å²) in [6.07, 6.45) is 0. The number of anilines is 1. The summed E-state index contributed by atoms with van der Waals surface area (Å²) in [5.74, 6) is 5.45. The van der Waals surface area contributed by atoms with E-state index in [1.807, 2.05) is 0 Å². The van der Waals surface area contributed by atoms with E-state index in [0.717, 1.165) is 0 Å². The highest BCUT2D eigenvalue weighted by Gasteiger charge is 2.17. The van der Waals surface area contributed by atoms with Gasteiger partial charge in [-0.25, -0.2) is 18.8 Å². The summed E-state index contributed by atoms with van der Waals surface area (Å²) in [4.78, 5) is 16.0. The molecule has 4 N–H and O–H groups in total. The zero-order chi connectivity index (χ0) is 15.9. The number of hydrogen-bond acceptors (Lipinski definition) is 5. The number of hydrogen-bond donors (Lipinski definition) is 2. The van der Waals surface area contributed by atoms with Gasteiger partial charge in [-0.1, -0.05) is 12.1 Å². The summed E-state index contributed by atoms with van der Waals surface area (Å²) < 4.78 is 19.3. The van der Waals surface area contributed by atoms with Crippen LogP contribution in [0.5, 0.6) is 0 Å². The summed E-state index contributed by atoms with van der Waals surface area (Å²) in [6.45, 7) is 0. The number of aromatic nitrogens is 2. The van der Waals surface area contributed by atoms with Gasteiger partial charge in [0.2, 0.25) is 0 Å². The van der Waals surface area contributed by atoms with Crippen LogP contribution in [0.4, 0.5) is 10.1 Å². The van der Waals surface area contributed by atoms with Gasteiger partial charge in [0.25, 0.3) is 0 Å². The van der Waals surface area contributed by atoms with Gasteiger partial charge >= 0.3 is 5.97 Å². The van der Waals surface area contributed by atoms with Gasteiger partial charge in [0.1, 0.15) is 11.3 Å². The second-order valence-electron chi connectivity index (χ2n) is 4.74. The molecule has 1 heterocycles. The standard InChI is InChI=1S/C15H13FN4O2/c1-22-15(21)9-6-11(17)13-12(7-9)19-14(20(13)18)8-3-2-4-10(16)5-8/h2-7H,17-18H2,1H3. The van der Waals surface area contributed by atoms with Gasteiger partial charge in [-0.3, -0.25) is 0 Å². The van der Waals surface area contributed by atoms with Gasteiger partial charge in [-0.2, -0.15) is 0 Å². The minimum absolute atomic E-state index is 0.274. The Bertz CT molecular complexity index is 889. The molecule has 0 spiro atoms. The Balaban J connectivity index is 2.24. The Kier molecular flexibility index (Phi) is 3.17. The Morgan fingerprint density at radius 3 is 2.77 bits per heavy atom. The zero-order valence-corrected chi connectivity index (χ0v) is 11.7. The third-order valence-corrected chi connectivity index (χ3v) is 3.32. The summed E-state index contributed by atoms with van der Waals surface area (Å²) in [6, 6.07) is 8.90. The number of esters is 1. The fourth-order valence-corrected chi connectivity index (χ4v) is 2.33. The van der Waals surface area contributed by atoms with Crippen LogP contribution in [0.2, 0.25) is 0 Å². The van der Waals surface area contributed by atoms with Gasteiger partial charge in [0.15, 0.2) is 5.82 Å². The predicted octanol–water partition coefficient (Wildman–Crippen LogP) is 1.92. The molecule has 0 radical (unpaired) electrons. The van der Waals surface area contributed by atoms with E-state index in [2.05, 4.69) is 9.72 Å². The molecular weight excluding hydrogens is 287 g/mol. The number of nitrogens with two attached hydrogens (primary N) is 2. The van der Waals surface area contributed by atoms with E-state index < -0.39 is 11.8 Å². The summed E-state index contributed by atoms with van der Waals surface area (Å²) in [5.41, 5.74) is 7.92. The number of rotatable bonds is 2. The first-order chi connectivity index (χ1) is 10.5. The molecule has 22 heavy (non-hydrogen) atoms. The first-order valence-corrected chi connectivity index (χ1v) is 6.42. The Morgan fingerprint density at radius 2 is 2.09 bits per heavy atom. The second-order valence-corrected chi connectivity index (χ2v) is 4.74. The van der Waals surface area contributed by atoms with E-state index in [4.69, 9.17) is 11.6 Å². The van der Waals surface area contributed by atoms with E-state index >= 15 is 0 Å². The van der Waals surface area contributed by atoms with Crippen molar-refractivity contribution in [3.05, 3.63) is 47.8 Å². The maximum absolute atomic E-state index is 13.4. The number of benzene rings is 2. The van der Waals surface area contributed by atoms with E-state index in [1.54, 1.807) is 12.1 Å². The maximum atomic E-state index is 13.4. The van der Waals surface area contributed by atoms with Crippen LogP contribution in [0.15, 0.2) is 36.4 Å². The third-order valence-electron chi connectivity index (χ3n) is 3.32. The monoisotopic (exact) mass is 300 g/mol. The van der Waals surface area contributed by atoms with Crippen LogP contribution in [-0.4, -0.2) is 22.7 Å². The molecule has 0 saturated carbocycles. The van der Waals surface area contributed by atoms with E-state index in [-0.39, 0.29) is 11.3 Å². The van der Waals surface area contributed by atoms with E-state index in [1.165, 1.54) is 36.1 Å². The van der Waals surface area contributed by atoms with Gasteiger partial charge in [0, 0.05) is 5.56 Å². The van der Waals surface area contributed by atoms with Crippen molar-refractivity contribution in [1.29, 1.82) is 0 Å². The first kappa shape index (κ1) is 13.9. The lowest BCUT2D eigenvalue weighted by Gasteiger charge is -2.05. The number of carbonyl (C=O) groups excluding carboxylic acids is 1. The minimum Gasteiger partial charge on any atom is -0.465 e. The quantitative estimate of drug-likeness (QED) is 0.428. The van der Waals surface area contributed by atoms with E-state index in [0.29, 0.717) is 22.4 Å². The average Bonchev–Trinajstić information content (AvgIpc) is 2.84. The molecule has 0 bridgehead atoms. The molecule has 0 aliphatic heterocycles. The van der Waals surface area contributed by atoms with Crippen molar-refractivity contribution in [3.8, 4) is 11.4 Å². The Labute approximate surface area is 125 Å². The van der Waals surface area contributed by atoms with Crippen LogP contribution in [-0.2, 0) is 4.74 Å². The van der Waals surface area contributed by atoms with Crippen LogP contribution in [0, 0.1) is 5.82 Å². The van der Waals surface area contributed by atoms with Crippen molar-refractivity contribution in [2.24, 2.45) is 0 Å². The van der Waals surface area contributed by atoms with Crippen LogP contribution >= 0.6 is 0 Å². The molecule has 6 nitrogen and oxygen atoms in total. The summed E-state index contributed by atoms with van der Waals surface area (Å²) >= 11 is 0. The minimum atomic E-state index is -0.521. The highest BCUT2D eigenvalue weighted by Crippen LogP contribution is 2.28. The van der Waals surface area contributed by atoms with Gasteiger partial charge in [-0.05, 0) is 24.3 Å². The number of nitrogens with zero attached hydrogens (tertiary/aromatic N) is 2. The summed E-state index contributed by atoms with van der Waals surface area (Å²) in [5, 5.41) is 0. The fraction of sp³-hybridized carbons (Fsp3) is 0.0667. The van der Waals surface area contributed by atoms with Crippen LogP contribution < -0.4 is 11.6 Å². The molecule has 7 heteroatoms. The normalized spacial score (nSPS) is 10.8. The SMILES string of the molecule is COC(=O)c1cc(N)c2c(c1)nc(-c1cccc(F)c1)n2N. The number of fused-ring (bicyclic) bond motifs is 1. The maximum Gasteiger partial charge on any atom is 0.338 e. The molecule has 3 rings (SSSR count). The van der Waals surface area contributed by atoms with Crippen molar-refractivity contribution in [2.45, 2.75) is 0 Å². The van der Waals surface area contributed by atoms with Crippen LogP contribution in [0.1, 0.15) is 10.4 Å². The number of halogens is 1. The lowest BCUT2D eigenvalue weighted by Crippen LogP contribution is -2.11. The molecule has 1 aromatic heterocycles. The number of nitrogen functional groups attached to an aromatic ring is 2. The van der Waals surface area contributed by atoms with Gasteiger partial charge < -0.3 is 16.3 Å². The molecule has 112 valence electrons. The molecule has 0 atom stereocenters. The second kappa shape index (κ2) is 5.03. The lowest BCUT2D eigenvalue weighted by atomic mass is 10.1. The smallest absolute Gasteiger partial charge is 0.338 e.